The summed E-state index contributed by atoms with van der Waals surface area (Å²) in [6.07, 6.45) is 7.22. The number of rotatable bonds is 8. The van der Waals surface area contributed by atoms with Crippen LogP contribution in [0.3, 0.4) is 0 Å². The van der Waals surface area contributed by atoms with Crippen LogP contribution in [0.15, 0.2) is 91.3 Å². The van der Waals surface area contributed by atoms with E-state index in [9.17, 15) is 4.79 Å². The molecule has 1 unspecified atom stereocenters. The molecular weight excluding hydrogens is 446 g/mol. The Labute approximate surface area is 203 Å². The molecule has 0 bridgehead atoms. The molecule has 2 heterocycles. The predicted octanol–water partition coefficient (Wildman–Crippen LogP) is 5.24. The van der Waals surface area contributed by atoms with Crippen molar-refractivity contribution in [3.8, 4) is 17.3 Å². The van der Waals surface area contributed by atoms with Crippen LogP contribution in [0, 0.1) is 11.3 Å². The minimum Gasteiger partial charge on any atom is -0.345 e. The fraction of sp³-hybridized carbons (Fsp3) is 0.111. The molecule has 2 aromatic carbocycles. The van der Waals surface area contributed by atoms with Gasteiger partial charge < -0.3 is 5.32 Å². The van der Waals surface area contributed by atoms with Crippen LogP contribution in [0.4, 0.5) is 0 Å². The molecule has 0 fully saturated rings. The normalized spacial score (nSPS) is 11.8. The Bertz CT molecular complexity index is 1330. The summed E-state index contributed by atoms with van der Waals surface area (Å²) < 4.78 is 1.57. The lowest BCUT2D eigenvalue weighted by Gasteiger charge is -2.18. The van der Waals surface area contributed by atoms with Crippen LogP contribution in [0.2, 0.25) is 5.02 Å². The zero-order valence-corrected chi connectivity index (χ0v) is 19.1. The molecule has 0 saturated heterocycles. The summed E-state index contributed by atoms with van der Waals surface area (Å²) in [5, 5.41) is 17.2. The highest BCUT2D eigenvalue weighted by Gasteiger charge is 2.16. The van der Waals surface area contributed by atoms with Gasteiger partial charge in [0.25, 0.3) is 0 Å². The number of benzene rings is 2. The molecule has 4 rings (SSSR count). The van der Waals surface area contributed by atoms with Crippen LogP contribution < -0.4 is 5.32 Å². The van der Waals surface area contributed by atoms with E-state index in [0.29, 0.717) is 17.1 Å². The van der Waals surface area contributed by atoms with Gasteiger partial charge in [0.15, 0.2) is 0 Å². The van der Waals surface area contributed by atoms with Gasteiger partial charge in [-0.05, 0) is 35.9 Å². The molecule has 0 saturated carbocycles. The van der Waals surface area contributed by atoms with E-state index in [0.717, 1.165) is 22.4 Å². The molecule has 7 heteroatoms. The number of carbonyl (C=O) groups is 1. The molecule has 6 nitrogen and oxygen atoms in total. The summed E-state index contributed by atoms with van der Waals surface area (Å²) in [6, 6.07) is 24.6. The van der Waals surface area contributed by atoms with Crippen LogP contribution >= 0.6 is 11.6 Å². The lowest BCUT2D eigenvalue weighted by molar-refractivity contribution is -0.117. The summed E-state index contributed by atoms with van der Waals surface area (Å²) in [4.78, 5) is 17.3. The predicted molar refractivity (Wildman–Crippen MR) is 133 cm³/mol. The van der Waals surface area contributed by atoms with Gasteiger partial charge in [-0.2, -0.15) is 10.4 Å². The molecule has 1 amide bonds. The van der Waals surface area contributed by atoms with E-state index in [4.69, 9.17) is 16.9 Å². The number of hydrogen-bond acceptors (Lipinski definition) is 4. The summed E-state index contributed by atoms with van der Waals surface area (Å²) >= 11 is 6.20. The molecular formula is C27H22ClN5O. The second-order valence-corrected chi connectivity index (χ2v) is 8.07. The average Bonchev–Trinajstić information content (AvgIpc) is 3.26. The van der Waals surface area contributed by atoms with Gasteiger partial charge in [0, 0.05) is 46.7 Å². The number of halogens is 1. The van der Waals surface area contributed by atoms with Crippen molar-refractivity contribution in [2.24, 2.45) is 0 Å². The van der Waals surface area contributed by atoms with Crippen LogP contribution in [0.25, 0.3) is 17.3 Å². The van der Waals surface area contributed by atoms with Crippen LogP contribution in [0.1, 0.15) is 22.9 Å². The summed E-state index contributed by atoms with van der Waals surface area (Å²) in [7, 11) is 0. The molecule has 0 aliphatic rings. The number of nitrogens with zero attached hydrogens (tertiary/aromatic N) is 4. The number of carbonyl (C=O) groups excluding carboxylic acids is 1. The lowest BCUT2D eigenvalue weighted by atomic mass is 10.0. The smallest absolute Gasteiger partial charge is 0.244 e. The van der Waals surface area contributed by atoms with Gasteiger partial charge in [0.05, 0.1) is 17.8 Å². The quantitative estimate of drug-likeness (QED) is 0.359. The van der Waals surface area contributed by atoms with Crippen molar-refractivity contribution in [1.82, 2.24) is 20.1 Å². The maximum Gasteiger partial charge on any atom is 0.244 e. The highest BCUT2D eigenvalue weighted by molar-refractivity contribution is 6.30. The molecule has 34 heavy (non-hydrogen) atoms. The zero-order chi connectivity index (χ0) is 23.8. The molecule has 0 aliphatic heterocycles. The molecule has 1 atom stereocenters. The average molecular weight is 468 g/mol. The van der Waals surface area contributed by atoms with Crippen LogP contribution in [0.5, 0.6) is 0 Å². The number of amides is 1. The van der Waals surface area contributed by atoms with E-state index in [-0.39, 0.29) is 18.5 Å². The number of nitriles is 1. The summed E-state index contributed by atoms with van der Waals surface area (Å²) in [5.74, 6) is -0.257. The van der Waals surface area contributed by atoms with E-state index < -0.39 is 0 Å². The third kappa shape index (κ3) is 5.97. The summed E-state index contributed by atoms with van der Waals surface area (Å²) in [5.41, 5.74) is 4.12. The van der Waals surface area contributed by atoms with Crippen molar-refractivity contribution in [2.75, 3.05) is 0 Å². The van der Waals surface area contributed by atoms with Gasteiger partial charge in [-0.15, -0.1) is 0 Å². The van der Waals surface area contributed by atoms with Crippen molar-refractivity contribution in [3.63, 3.8) is 0 Å². The fourth-order valence-electron chi connectivity index (χ4n) is 3.62. The number of pyridine rings is 1. The van der Waals surface area contributed by atoms with Gasteiger partial charge in [0.1, 0.15) is 6.54 Å². The Hall–Kier alpha value is -4.21. The van der Waals surface area contributed by atoms with Crippen LogP contribution in [-0.4, -0.2) is 20.7 Å². The van der Waals surface area contributed by atoms with E-state index >= 15 is 0 Å². The lowest BCUT2D eigenvalue weighted by Crippen LogP contribution is -2.28. The molecule has 1 N–H and O–H groups in total. The maximum absolute atomic E-state index is 12.9. The monoisotopic (exact) mass is 467 g/mol. The van der Waals surface area contributed by atoms with Crippen LogP contribution in [-0.2, 0) is 17.8 Å². The Kier molecular flexibility index (Phi) is 7.49. The molecule has 0 aliphatic carbocycles. The molecule has 2 aromatic heterocycles. The Morgan fingerprint density at radius 1 is 1.12 bits per heavy atom. The minimum absolute atomic E-state index is 0.126. The minimum atomic E-state index is -0.305. The third-order valence-electron chi connectivity index (χ3n) is 5.19. The van der Waals surface area contributed by atoms with Crippen molar-refractivity contribution in [2.45, 2.75) is 19.0 Å². The molecule has 4 aromatic rings. The van der Waals surface area contributed by atoms with Gasteiger partial charge in [-0.25, -0.2) is 0 Å². The Balaban J connectivity index is 1.57. The second kappa shape index (κ2) is 11.1. The first-order chi connectivity index (χ1) is 16.6. The Morgan fingerprint density at radius 2 is 1.94 bits per heavy atom. The molecule has 168 valence electrons. The topological polar surface area (TPSA) is 83.6 Å². The largest absolute Gasteiger partial charge is 0.345 e. The molecule has 0 spiro atoms. The Morgan fingerprint density at radius 3 is 2.68 bits per heavy atom. The van der Waals surface area contributed by atoms with E-state index in [2.05, 4.69) is 21.5 Å². The maximum atomic E-state index is 12.9. The first-order valence-corrected chi connectivity index (χ1v) is 11.1. The zero-order valence-electron chi connectivity index (χ0n) is 18.3. The standard InChI is InChI=1S/C27H22ClN5O/c28-23-10-6-9-21(17-23)25(18-24-11-4-5-15-30-24)31-26(34)13-12-22-19-33(16-14-29)32-27(22)20-7-2-1-3-8-20/h1-13,15,17,19,25H,16,18H2,(H,31,34)/b13-12+. The molecule has 0 radical (unpaired) electrons. The first kappa shape index (κ1) is 23.0. The fourth-order valence-corrected chi connectivity index (χ4v) is 3.82. The number of hydrogen-bond donors (Lipinski definition) is 1. The number of aromatic nitrogens is 3. The SMILES string of the molecule is N#CCn1cc(/C=C/C(=O)NC(Cc2ccccn2)c2cccc(Cl)c2)c(-c2ccccc2)n1. The van der Waals surface area contributed by atoms with Crippen molar-refractivity contribution < 1.29 is 4.79 Å². The first-order valence-electron chi connectivity index (χ1n) is 10.8. The van der Waals surface area contributed by atoms with E-state index in [1.54, 1.807) is 29.2 Å². The van der Waals surface area contributed by atoms with Crippen molar-refractivity contribution in [3.05, 3.63) is 113 Å². The van der Waals surface area contributed by atoms with Gasteiger partial charge in [-0.3, -0.25) is 14.5 Å². The van der Waals surface area contributed by atoms with Crippen molar-refractivity contribution in [1.29, 1.82) is 5.26 Å². The van der Waals surface area contributed by atoms with E-state index in [1.807, 2.05) is 66.7 Å². The van der Waals surface area contributed by atoms with Crippen molar-refractivity contribution >= 4 is 23.6 Å². The van der Waals surface area contributed by atoms with Gasteiger partial charge in [-0.1, -0.05) is 60.1 Å². The number of nitrogens with one attached hydrogen (secondary N) is 1. The van der Waals surface area contributed by atoms with Gasteiger partial charge in [0.2, 0.25) is 5.91 Å². The van der Waals surface area contributed by atoms with Gasteiger partial charge >= 0.3 is 0 Å². The van der Waals surface area contributed by atoms with E-state index in [1.165, 1.54) is 6.08 Å². The second-order valence-electron chi connectivity index (χ2n) is 7.63. The third-order valence-corrected chi connectivity index (χ3v) is 5.43. The highest BCUT2D eigenvalue weighted by Crippen LogP contribution is 2.24. The summed E-state index contributed by atoms with van der Waals surface area (Å²) in [6.45, 7) is 0.126. The highest BCUT2D eigenvalue weighted by atomic mass is 35.5.